The summed E-state index contributed by atoms with van der Waals surface area (Å²) in [5.41, 5.74) is -0.114. The quantitative estimate of drug-likeness (QED) is 0.892. The van der Waals surface area contributed by atoms with E-state index in [-0.39, 0.29) is 30.5 Å². The molecule has 7 heteroatoms. The van der Waals surface area contributed by atoms with Gasteiger partial charge in [0.2, 0.25) is 5.91 Å². The molecule has 1 aliphatic rings. The second kappa shape index (κ2) is 8.26. The lowest BCUT2D eigenvalue weighted by molar-refractivity contribution is -0.117. The third-order valence-electron chi connectivity index (χ3n) is 3.48. The SMILES string of the molecule is CNC1CCCN(CC(=O)Nc2cc(F)ccc2F)C1.Cl. The molecule has 118 valence electrons. The molecule has 1 unspecified atom stereocenters. The van der Waals surface area contributed by atoms with Crippen LogP contribution in [0.3, 0.4) is 0 Å². The number of halogens is 3. The van der Waals surface area contributed by atoms with E-state index in [1.807, 2.05) is 11.9 Å². The second-order valence-electron chi connectivity index (χ2n) is 5.04. The first-order valence-corrected chi connectivity index (χ1v) is 6.73. The van der Waals surface area contributed by atoms with E-state index in [9.17, 15) is 13.6 Å². The van der Waals surface area contributed by atoms with Crippen molar-refractivity contribution in [1.82, 2.24) is 10.2 Å². The molecule has 1 amide bonds. The van der Waals surface area contributed by atoms with Crippen molar-refractivity contribution in [2.24, 2.45) is 0 Å². The summed E-state index contributed by atoms with van der Waals surface area (Å²) in [4.78, 5) is 13.9. The predicted octanol–water partition coefficient (Wildman–Crippen LogP) is 2.01. The van der Waals surface area contributed by atoms with Gasteiger partial charge in [0, 0.05) is 18.7 Å². The zero-order valence-electron chi connectivity index (χ0n) is 11.9. The number of anilines is 1. The number of likely N-dealkylation sites (tertiary alicyclic amines) is 1. The molecular formula is C14H20ClF2N3O. The number of likely N-dealkylation sites (N-methyl/N-ethyl adjacent to an activating group) is 1. The molecule has 1 aliphatic heterocycles. The number of rotatable bonds is 4. The maximum Gasteiger partial charge on any atom is 0.238 e. The van der Waals surface area contributed by atoms with Crippen molar-refractivity contribution in [1.29, 1.82) is 0 Å². The molecule has 0 spiro atoms. The Morgan fingerprint density at radius 1 is 1.43 bits per heavy atom. The second-order valence-corrected chi connectivity index (χ2v) is 5.04. The van der Waals surface area contributed by atoms with Crippen LogP contribution in [0.4, 0.5) is 14.5 Å². The number of hydrogen-bond donors (Lipinski definition) is 2. The number of nitrogens with zero attached hydrogens (tertiary/aromatic N) is 1. The van der Waals surface area contributed by atoms with Gasteiger partial charge in [0.05, 0.1) is 12.2 Å². The smallest absolute Gasteiger partial charge is 0.238 e. The predicted molar refractivity (Wildman–Crippen MR) is 80.8 cm³/mol. The number of piperidine rings is 1. The number of hydrogen-bond acceptors (Lipinski definition) is 3. The third-order valence-corrected chi connectivity index (χ3v) is 3.48. The van der Waals surface area contributed by atoms with Gasteiger partial charge in [0.15, 0.2) is 0 Å². The van der Waals surface area contributed by atoms with Gasteiger partial charge >= 0.3 is 0 Å². The van der Waals surface area contributed by atoms with Gasteiger partial charge in [-0.15, -0.1) is 12.4 Å². The summed E-state index contributed by atoms with van der Waals surface area (Å²) in [6, 6.07) is 3.39. The molecule has 2 rings (SSSR count). The van der Waals surface area contributed by atoms with Crippen molar-refractivity contribution in [3.8, 4) is 0 Å². The lowest BCUT2D eigenvalue weighted by Gasteiger charge is -2.31. The van der Waals surface area contributed by atoms with Gasteiger partial charge < -0.3 is 10.6 Å². The third kappa shape index (κ3) is 5.22. The fraction of sp³-hybridized carbons (Fsp3) is 0.500. The highest BCUT2D eigenvalue weighted by molar-refractivity contribution is 5.92. The van der Waals surface area contributed by atoms with E-state index in [0.717, 1.165) is 44.1 Å². The van der Waals surface area contributed by atoms with Crippen molar-refractivity contribution < 1.29 is 13.6 Å². The molecule has 0 aromatic heterocycles. The molecule has 1 atom stereocenters. The van der Waals surface area contributed by atoms with Crippen molar-refractivity contribution in [3.05, 3.63) is 29.8 Å². The average Bonchev–Trinajstić information content (AvgIpc) is 2.43. The Hall–Kier alpha value is -1.24. The van der Waals surface area contributed by atoms with Gasteiger partial charge in [0.1, 0.15) is 11.6 Å². The first kappa shape index (κ1) is 17.8. The molecule has 0 saturated carbocycles. The Morgan fingerprint density at radius 2 is 2.19 bits per heavy atom. The van der Waals surface area contributed by atoms with Crippen LogP contribution in [0.15, 0.2) is 18.2 Å². The Morgan fingerprint density at radius 3 is 2.90 bits per heavy atom. The van der Waals surface area contributed by atoms with Crippen LogP contribution in [0.1, 0.15) is 12.8 Å². The van der Waals surface area contributed by atoms with Crippen LogP contribution in [-0.2, 0) is 4.79 Å². The van der Waals surface area contributed by atoms with Crippen LogP contribution in [0.25, 0.3) is 0 Å². The van der Waals surface area contributed by atoms with Gasteiger partial charge in [-0.1, -0.05) is 0 Å². The monoisotopic (exact) mass is 319 g/mol. The van der Waals surface area contributed by atoms with Gasteiger partial charge in [-0.3, -0.25) is 9.69 Å². The Labute approximate surface area is 129 Å². The van der Waals surface area contributed by atoms with E-state index in [0.29, 0.717) is 6.04 Å². The number of nitrogens with one attached hydrogen (secondary N) is 2. The molecule has 0 bridgehead atoms. The first-order chi connectivity index (χ1) is 9.58. The number of carbonyl (C=O) groups is 1. The summed E-state index contributed by atoms with van der Waals surface area (Å²) >= 11 is 0. The summed E-state index contributed by atoms with van der Waals surface area (Å²) < 4.78 is 26.4. The summed E-state index contributed by atoms with van der Waals surface area (Å²) in [5, 5.41) is 5.61. The summed E-state index contributed by atoms with van der Waals surface area (Å²) in [6.07, 6.45) is 2.11. The van der Waals surface area contributed by atoms with Crippen LogP contribution < -0.4 is 10.6 Å². The first-order valence-electron chi connectivity index (χ1n) is 6.73. The molecule has 1 heterocycles. The summed E-state index contributed by atoms with van der Waals surface area (Å²) in [6.45, 7) is 1.82. The topological polar surface area (TPSA) is 44.4 Å². The lowest BCUT2D eigenvalue weighted by Crippen LogP contribution is -2.46. The van der Waals surface area contributed by atoms with E-state index in [4.69, 9.17) is 0 Å². The standard InChI is InChI=1S/C14H19F2N3O.ClH/c1-17-11-3-2-6-19(8-11)9-14(20)18-13-7-10(15)4-5-12(13)16;/h4-5,7,11,17H,2-3,6,8-9H2,1H3,(H,18,20);1H. The van der Waals surface area contributed by atoms with Crippen molar-refractivity contribution in [2.45, 2.75) is 18.9 Å². The molecule has 4 nitrogen and oxygen atoms in total. The Kier molecular flexibility index (Phi) is 7.01. The molecule has 1 aromatic rings. The molecule has 1 aromatic carbocycles. The van der Waals surface area contributed by atoms with Crippen molar-refractivity contribution in [3.63, 3.8) is 0 Å². The van der Waals surface area contributed by atoms with Gasteiger partial charge in [-0.05, 0) is 38.6 Å². The van der Waals surface area contributed by atoms with E-state index < -0.39 is 11.6 Å². The lowest BCUT2D eigenvalue weighted by atomic mass is 10.1. The normalized spacial score (nSPS) is 18.9. The fourth-order valence-electron chi connectivity index (χ4n) is 2.42. The fourth-order valence-corrected chi connectivity index (χ4v) is 2.42. The molecule has 0 radical (unpaired) electrons. The van der Waals surface area contributed by atoms with Crippen LogP contribution in [0, 0.1) is 11.6 Å². The molecule has 1 fully saturated rings. The van der Waals surface area contributed by atoms with Crippen LogP contribution >= 0.6 is 12.4 Å². The molecule has 2 N–H and O–H groups in total. The molecule has 21 heavy (non-hydrogen) atoms. The van der Waals surface area contributed by atoms with Crippen LogP contribution in [-0.4, -0.2) is 43.5 Å². The van der Waals surface area contributed by atoms with E-state index in [2.05, 4.69) is 10.6 Å². The molecule has 1 saturated heterocycles. The zero-order valence-corrected chi connectivity index (χ0v) is 12.7. The van der Waals surface area contributed by atoms with E-state index in [1.165, 1.54) is 0 Å². The highest BCUT2D eigenvalue weighted by Crippen LogP contribution is 2.15. The highest BCUT2D eigenvalue weighted by atomic mass is 35.5. The van der Waals surface area contributed by atoms with Crippen molar-refractivity contribution in [2.75, 3.05) is 32.0 Å². The summed E-state index contributed by atoms with van der Waals surface area (Å²) in [7, 11) is 1.90. The van der Waals surface area contributed by atoms with Crippen LogP contribution in [0.5, 0.6) is 0 Å². The minimum Gasteiger partial charge on any atom is -0.322 e. The minimum absolute atomic E-state index is 0. The number of carbonyl (C=O) groups excluding carboxylic acids is 1. The van der Waals surface area contributed by atoms with Gasteiger partial charge in [0.25, 0.3) is 0 Å². The zero-order chi connectivity index (χ0) is 14.5. The van der Waals surface area contributed by atoms with Crippen molar-refractivity contribution >= 4 is 24.0 Å². The highest BCUT2D eigenvalue weighted by Gasteiger charge is 2.20. The van der Waals surface area contributed by atoms with Gasteiger partial charge in [-0.25, -0.2) is 8.78 Å². The van der Waals surface area contributed by atoms with Gasteiger partial charge in [-0.2, -0.15) is 0 Å². The minimum atomic E-state index is -0.633. The van der Waals surface area contributed by atoms with E-state index in [1.54, 1.807) is 0 Å². The number of amides is 1. The summed E-state index contributed by atoms with van der Waals surface area (Å²) in [5.74, 6) is -1.53. The van der Waals surface area contributed by atoms with Crippen LogP contribution in [0.2, 0.25) is 0 Å². The molecular weight excluding hydrogens is 300 g/mol. The Bertz CT molecular complexity index is 487. The average molecular weight is 320 g/mol. The number of benzene rings is 1. The largest absolute Gasteiger partial charge is 0.322 e. The Balaban J connectivity index is 0.00000220. The maximum atomic E-state index is 13.4. The molecule has 0 aliphatic carbocycles. The maximum absolute atomic E-state index is 13.4. The van der Waals surface area contributed by atoms with E-state index >= 15 is 0 Å².